The zero-order valence-electron chi connectivity index (χ0n) is 17.4. The smallest absolute Gasteiger partial charge is 0.336 e. The molecule has 0 amide bonds. The molecule has 1 saturated carbocycles. The van der Waals surface area contributed by atoms with E-state index in [0.29, 0.717) is 30.0 Å². The summed E-state index contributed by atoms with van der Waals surface area (Å²) in [5.74, 6) is 2.97. The monoisotopic (exact) mass is 395 g/mol. The zero-order chi connectivity index (χ0) is 20.4. The summed E-state index contributed by atoms with van der Waals surface area (Å²) >= 11 is 0. The maximum atomic E-state index is 12.2. The van der Waals surface area contributed by atoms with Crippen LogP contribution in [0.15, 0.2) is 56.3 Å². The van der Waals surface area contributed by atoms with E-state index in [0.717, 1.165) is 35.4 Å². The lowest BCUT2D eigenvalue weighted by Crippen LogP contribution is -2.43. The Balaban J connectivity index is 1.72. The third kappa shape index (κ3) is 4.25. The van der Waals surface area contributed by atoms with Crippen LogP contribution in [0.25, 0.3) is 11.0 Å². The molecule has 2 heterocycles. The summed E-state index contributed by atoms with van der Waals surface area (Å²) in [4.78, 5) is 14.7. The molecule has 0 radical (unpaired) electrons. The van der Waals surface area contributed by atoms with Gasteiger partial charge in [-0.3, -0.25) is 4.90 Å². The van der Waals surface area contributed by atoms with Crippen LogP contribution in [-0.2, 0) is 13.1 Å². The fourth-order valence-corrected chi connectivity index (χ4v) is 4.65. The predicted octanol–water partition coefficient (Wildman–Crippen LogP) is 5.22. The first-order valence-electron chi connectivity index (χ1n) is 10.4. The molecule has 0 spiro atoms. The Bertz CT molecular complexity index is 1010. The van der Waals surface area contributed by atoms with E-state index in [4.69, 9.17) is 13.6 Å². The Morgan fingerprint density at radius 3 is 2.76 bits per heavy atom. The number of ether oxygens (including phenoxy) is 1. The maximum absolute atomic E-state index is 12.2. The van der Waals surface area contributed by atoms with E-state index < -0.39 is 0 Å². The quantitative estimate of drug-likeness (QED) is 0.536. The van der Waals surface area contributed by atoms with Gasteiger partial charge in [-0.15, -0.1) is 0 Å². The van der Waals surface area contributed by atoms with Crippen molar-refractivity contribution in [2.75, 3.05) is 7.11 Å². The second-order valence-electron chi connectivity index (χ2n) is 8.27. The summed E-state index contributed by atoms with van der Waals surface area (Å²) < 4.78 is 16.5. The molecule has 3 atom stereocenters. The van der Waals surface area contributed by atoms with Crippen LogP contribution in [-0.4, -0.2) is 18.1 Å². The predicted molar refractivity (Wildman–Crippen MR) is 113 cm³/mol. The molecule has 0 N–H and O–H groups in total. The number of hydrogen-bond acceptors (Lipinski definition) is 5. The highest BCUT2D eigenvalue weighted by molar-refractivity contribution is 5.81. The van der Waals surface area contributed by atoms with Crippen molar-refractivity contribution in [1.29, 1.82) is 0 Å². The fraction of sp³-hybridized carbons (Fsp3) is 0.458. The average Bonchev–Trinajstić information content (AvgIpc) is 3.22. The standard InChI is InChI=1S/C24H29NO4/c1-16-6-4-8-22(17(16)2)25(15-20-7-5-11-28-20)14-18-12-24(26)29-23-10-9-19(27-3)13-21(18)23/h5,7,9-13,16-17,22H,4,6,8,14-15H2,1-3H3/t16-,17+,22-/m1/s1. The fourth-order valence-electron chi connectivity index (χ4n) is 4.65. The van der Waals surface area contributed by atoms with E-state index in [2.05, 4.69) is 18.7 Å². The van der Waals surface area contributed by atoms with Crippen LogP contribution in [0.1, 0.15) is 44.4 Å². The number of methoxy groups -OCH3 is 1. The van der Waals surface area contributed by atoms with Crippen LogP contribution in [0.2, 0.25) is 0 Å². The van der Waals surface area contributed by atoms with Gasteiger partial charge >= 0.3 is 5.63 Å². The minimum atomic E-state index is -0.319. The molecule has 0 saturated heterocycles. The van der Waals surface area contributed by atoms with Crippen molar-refractivity contribution >= 4 is 11.0 Å². The van der Waals surface area contributed by atoms with Crippen molar-refractivity contribution in [3.63, 3.8) is 0 Å². The lowest BCUT2D eigenvalue weighted by atomic mass is 9.77. The highest BCUT2D eigenvalue weighted by atomic mass is 16.5. The van der Waals surface area contributed by atoms with Crippen molar-refractivity contribution in [1.82, 2.24) is 4.90 Å². The van der Waals surface area contributed by atoms with Crippen molar-refractivity contribution in [2.24, 2.45) is 11.8 Å². The van der Waals surface area contributed by atoms with Gasteiger partial charge in [-0.05, 0) is 54.2 Å². The largest absolute Gasteiger partial charge is 0.497 e. The molecule has 5 nitrogen and oxygen atoms in total. The average molecular weight is 395 g/mol. The van der Waals surface area contributed by atoms with Gasteiger partial charge in [0.05, 0.1) is 19.9 Å². The molecule has 154 valence electrons. The molecular weight excluding hydrogens is 366 g/mol. The topological polar surface area (TPSA) is 55.8 Å². The highest BCUT2D eigenvalue weighted by Crippen LogP contribution is 2.35. The van der Waals surface area contributed by atoms with Gasteiger partial charge in [0.25, 0.3) is 0 Å². The molecule has 0 bridgehead atoms. The third-order valence-electron chi connectivity index (χ3n) is 6.48. The number of benzene rings is 1. The second-order valence-corrected chi connectivity index (χ2v) is 8.27. The van der Waals surface area contributed by atoms with Crippen molar-refractivity contribution in [3.05, 3.63) is 64.4 Å². The van der Waals surface area contributed by atoms with Crippen LogP contribution in [0.3, 0.4) is 0 Å². The van der Waals surface area contributed by atoms with Crippen LogP contribution in [0.4, 0.5) is 0 Å². The Kier molecular flexibility index (Phi) is 5.76. The summed E-state index contributed by atoms with van der Waals surface area (Å²) in [5, 5.41) is 0.921. The SMILES string of the molecule is COc1ccc2oc(=O)cc(CN(Cc3ccco3)[C@@H]3CCC[C@@H](C)[C@@H]3C)c2c1. The molecule has 0 aliphatic heterocycles. The number of fused-ring (bicyclic) bond motifs is 1. The van der Waals surface area contributed by atoms with Gasteiger partial charge in [0.1, 0.15) is 17.1 Å². The molecule has 1 aromatic carbocycles. The maximum Gasteiger partial charge on any atom is 0.336 e. The molecule has 5 heteroatoms. The molecule has 1 aliphatic rings. The van der Waals surface area contributed by atoms with E-state index >= 15 is 0 Å². The first kappa shape index (κ1) is 19.8. The lowest BCUT2D eigenvalue weighted by molar-refractivity contribution is 0.0634. The number of rotatable bonds is 6. The molecule has 4 rings (SSSR count). The molecule has 1 aliphatic carbocycles. The Morgan fingerprint density at radius 1 is 1.14 bits per heavy atom. The lowest BCUT2D eigenvalue weighted by Gasteiger charge is -2.41. The van der Waals surface area contributed by atoms with Gasteiger partial charge in [0.15, 0.2) is 0 Å². The summed E-state index contributed by atoms with van der Waals surface area (Å²) in [6, 6.07) is 11.6. The van der Waals surface area contributed by atoms with Crippen LogP contribution in [0, 0.1) is 11.8 Å². The first-order valence-corrected chi connectivity index (χ1v) is 10.4. The summed E-state index contributed by atoms with van der Waals surface area (Å²) in [6.07, 6.45) is 5.39. The number of hydrogen-bond donors (Lipinski definition) is 0. The Hall–Kier alpha value is -2.53. The van der Waals surface area contributed by atoms with Gasteiger partial charge in [0.2, 0.25) is 0 Å². The van der Waals surface area contributed by atoms with E-state index in [1.54, 1.807) is 25.5 Å². The Labute approximate surface area is 171 Å². The summed E-state index contributed by atoms with van der Waals surface area (Å²) in [6.45, 7) is 6.08. The van der Waals surface area contributed by atoms with Crippen molar-refractivity contribution < 1.29 is 13.6 Å². The van der Waals surface area contributed by atoms with Crippen LogP contribution in [0.5, 0.6) is 5.75 Å². The number of furan rings is 1. The van der Waals surface area contributed by atoms with E-state index in [1.807, 2.05) is 24.3 Å². The first-order chi connectivity index (χ1) is 14.0. The highest BCUT2D eigenvalue weighted by Gasteiger charge is 2.32. The minimum absolute atomic E-state index is 0.319. The molecule has 3 aromatic rings. The summed E-state index contributed by atoms with van der Waals surface area (Å²) in [7, 11) is 1.65. The van der Waals surface area contributed by atoms with Gasteiger partial charge in [-0.25, -0.2) is 4.79 Å². The minimum Gasteiger partial charge on any atom is -0.497 e. The van der Waals surface area contributed by atoms with E-state index in [1.165, 1.54) is 12.8 Å². The van der Waals surface area contributed by atoms with Gasteiger partial charge in [-0.2, -0.15) is 0 Å². The number of nitrogens with zero attached hydrogens (tertiary/aromatic N) is 1. The second kappa shape index (κ2) is 8.46. The van der Waals surface area contributed by atoms with Crippen molar-refractivity contribution in [3.8, 4) is 5.75 Å². The van der Waals surface area contributed by atoms with Gasteiger partial charge < -0.3 is 13.6 Å². The molecule has 1 fully saturated rings. The van der Waals surface area contributed by atoms with Crippen LogP contribution < -0.4 is 10.4 Å². The normalized spacial score (nSPS) is 22.3. The zero-order valence-corrected chi connectivity index (χ0v) is 17.4. The van der Waals surface area contributed by atoms with E-state index in [9.17, 15) is 4.79 Å². The third-order valence-corrected chi connectivity index (χ3v) is 6.48. The molecule has 29 heavy (non-hydrogen) atoms. The molecule has 0 unspecified atom stereocenters. The van der Waals surface area contributed by atoms with Crippen LogP contribution >= 0.6 is 0 Å². The molecular formula is C24H29NO4. The van der Waals surface area contributed by atoms with Crippen molar-refractivity contribution in [2.45, 2.75) is 52.2 Å². The molecule has 2 aromatic heterocycles. The Morgan fingerprint density at radius 2 is 2.00 bits per heavy atom. The van der Waals surface area contributed by atoms with Gasteiger partial charge in [0, 0.05) is 24.0 Å². The van der Waals surface area contributed by atoms with Gasteiger partial charge in [-0.1, -0.05) is 26.7 Å². The van der Waals surface area contributed by atoms with E-state index in [-0.39, 0.29) is 5.63 Å². The summed E-state index contributed by atoms with van der Waals surface area (Å²) in [5.41, 5.74) is 1.24.